The predicted molar refractivity (Wildman–Crippen MR) is 55.9 cm³/mol. The van der Waals surface area contributed by atoms with Gasteiger partial charge in [0.05, 0.1) is 10.5 Å². The smallest absolute Gasteiger partial charge is 0.270 e. The Labute approximate surface area is 86.6 Å². The van der Waals surface area contributed by atoms with Crippen LogP contribution >= 0.6 is 0 Å². The molecule has 0 heterocycles. The van der Waals surface area contributed by atoms with Gasteiger partial charge in [0, 0.05) is 18.7 Å². The van der Waals surface area contributed by atoms with Gasteiger partial charge in [-0.15, -0.1) is 0 Å². The highest BCUT2D eigenvalue weighted by Crippen LogP contribution is 2.18. The van der Waals surface area contributed by atoms with Gasteiger partial charge >= 0.3 is 0 Å². The number of hydrogen-bond acceptors (Lipinski definition) is 4. The van der Waals surface area contributed by atoms with E-state index < -0.39 is 4.92 Å². The molecule has 0 amide bonds. The molecule has 1 aromatic carbocycles. The van der Waals surface area contributed by atoms with E-state index in [9.17, 15) is 10.1 Å². The molecule has 0 radical (unpaired) electrons. The SMILES string of the molecule is N#Cc1cc([N+](=O)[O-])ccc1C=CCN. The van der Waals surface area contributed by atoms with E-state index in [2.05, 4.69) is 0 Å². The summed E-state index contributed by atoms with van der Waals surface area (Å²) in [6.07, 6.45) is 3.35. The van der Waals surface area contributed by atoms with Crippen LogP contribution in [0.2, 0.25) is 0 Å². The summed E-state index contributed by atoms with van der Waals surface area (Å²) in [5.74, 6) is 0. The summed E-state index contributed by atoms with van der Waals surface area (Å²) in [6.45, 7) is 0.363. The maximum absolute atomic E-state index is 10.5. The van der Waals surface area contributed by atoms with Gasteiger partial charge in [0.25, 0.3) is 5.69 Å². The molecule has 15 heavy (non-hydrogen) atoms. The van der Waals surface area contributed by atoms with E-state index in [1.807, 2.05) is 6.07 Å². The van der Waals surface area contributed by atoms with E-state index in [1.54, 1.807) is 12.2 Å². The lowest BCUT2D eigenvalue weighted by atomic mass is 10.1. The van der Waals surface area contributed by atoms with Crippen LogP contribution in [0.1, 0.15) is 11.1 Å². The second-order valence-corrected chi connectivity index (χ2v) is 2.78. The summed E-state index contributed by atoms with van der Waals surface area (Å²) in [4.78, 5) is 9.92. The van der Waals surface area contributed by atoms with E-state index in [4.69, 9.17) is 11.0 Å². The van der Waals surface area contributed by atoms with Crippen molar-refractivity contribution < 1.29 is 4.92 Å². The molecule has 0 unspecified atom stereocenters. The minimum atomic E-state index is -0.530. The fourth-order valence-electron chi connectivity index (χ4n) is 1.09. The van der Waals surface area contributed by atoms with E-state index in [0.29, 0.717) is 12.1 Å². The summed E-state index contributed by atoms with van der Waals surface area (Å²) < 4.78 is 0. The van der Waals surface area contributed by atoms with Gasteiger partial charge in [-0.1, -0.05) is 12.2 Å². The highest BCUT2D eigenvalue weighted by molar-refractivity contribution is 5.60. The predicted octanol–water partition coefficient (Wildman–Crippen LogP) is 1.44. The molecule has 0 aliphatic carbocycles. The third-order valence-electron chi connectivity index (χ3n) is 1.80. The number of rotatable bonds is 3. The molecule has 0 aliphatic heterocycles. The van der Waals surface area contributed by atoms with Crippen molar-refractivity contribution in [2.24, 2.45) is 5.73 Å². The minimum absolute atomic E-state index is 0.0866. The van der Waals surface area contributed by atoms with Crippen molar-refractivity contribution in [3.05, 3.63) is 45.5 Å². The monoisotopic (exact) mass is 203 g/mol. The molecule has 1 aromatic rings. The molecule has 76 valence electrons. The van der Waals surface area contributed by atoms with Crippen molar-refractivity contribution in [3.8, 4) is 6.07 Å². The number of nitrogens with zero attached hydrogens (tertiary/aromatic N) is 2. The Hall–Kier alpha value is -2.19. The fraction of sp³-hybridized carbons (Fsp3) is 0.100. The maximum Gasteiger partial charge on any atom is 0.270 e. The second-order valence-electron chi connectivity index (χ2n) is 2.78. The van der Waals surface area contributed by atoms with Crippen LogP contribution < -0.4 is 5.73 Å². The van der Waals surface area contributed by atoms with Crippen LogP contribution in [-0.2, 0) is 0 Å². The van der Waals surface area contributed by atoms with E-state index >= 15 is 0 Å². The van der Waals surface area contributed by atoms with Crippen LogP contribution in [0.15, 0.2) is 24.3 Å². The molecule has 0 saturated heterocycles. The van der Waals surface area contributed by atoms with Gasteiger partial charge in [-0.05, 0) is 11.6 Å². The van der Waals surface area contributed by atoms with Gasteiger partial charge in [-0.3, -0.25) is 10.1 Å². The zero-order chi connectivity index (χ0) is 11.3. The number of nitro benzene ring substituents is 1. The summed E-state index contributed by atoms with van der Waals surface area (Å²) in [6, 6.07) is 6.04. The average molecular weight is 203 g/mol. The standard InChI is InChI=1S/C10H9N3O2/c11-5-1-2-8-3-4-10(13(14)15)6-9(8)7-12/h1-4,6H,5,11H2. The van der Waals surface area contributed by atoms with Gasteiger partial charge < -0.3 is 5.73 Å². The largest absolute Gasteiger partial charge is 0.327 e. The Morgan fingerprint density at radius 1 is 1.60 bits per heavy atom. The zero-order valence-corrected chi connectivity index (χ0v) is 7.88. The first-order valence-corrected chi connectivity index (χ1v) is 4.24. The van der Waals surface area contributed by atoms with Crippen LogP contribution in [0.3, 0.4) is 0 Å². The number of benzene rings is 1. The number of non-ortho nitro benzene ring substituents is 1. The Morgan fingerprint density at radius 3 is 2.87 bits per heavy atom. The van der Waals surface area contributed by atoms with Crippen molar-refractivity contribution in [1.29, 1.82) is 5.26 Å². The minimum Gasteiger partial charge on any atom is -0.327 e. The van der Waals surface area contributed by atoms with Crippen molar-refractivity contribution in [2.45, 2.75) is 0 Å². The molecule has 1 rings (SSSR count). The molecule has 0 aliphatic rings. The third-order valence-corrected chi connectivity index (χ3v) is 1.80. The van der Waals surface area contributed by atoms with Gasteiger partial charge in [0.1, 0.15) is 6.07 Å². The normalized spacial score (nSPS) is 10.1. The quantitative estimate of drug-likeness (QED) is 0.594. The van der Waals surface area contributed by atoms with Crippen molar-refractivity contribution in [2.75, 3.05) is 6.54 Å². The molecule has 0 fully saturated rings. The summed E-state index contributed by atoms with van der Waals surface area (Å²) >= 11 is 0. The van der Waals surface area contributed by atoms with E-state index in [1.165, 1.54) is 18.2 Å². The first-order chi connectivity index (χ1) is 7.19. The van der Waals surface area contributed by atoms with Gasteiger partial charge in [-0.2, -0.15) is 5.26 Å². The molecule has 0 bridgehead atoms. The van der Waals surface area contributed by atoms with Gasteiger partial charge in [0.2, 0.25) is 0 Å². The summed E-state index contributed by atoms with van der Waals surface area (Å²) in [5.41, 5.74) is 6.09. The molecular weight excluding hydrogens is 194 g/mol. The van der Waals surface area contributed by atoms with Gasteiger partial charge in [-0.25, -0.2) is 0 Å². The number of nitro groups is 1. The van der Waals surface area contributed by atoms with Gasteiger partial charge in [0.15, 0.2) is 0 Å². The summed E-state index contributed by atoms with van der Waals surface area (Å²) in [5, 5.41) is 19.2. The molecule has 5 heteroatoms. The van der Waals surface area contributed by atoms with E-state index in [-0.39, 0.29) is 11.3 Å². The second kappa shape index (κ2) is 4.88. The molecular formula is C10H9N3O2. The van der Waals surface area contributed by atoms with Crippen LogP contribution in [0.25, 0.3) is 6.08 Å². The van der Waals surface area contributed by atoms with Crippen molar-refractivity contribution >= 4 is 11.8 Å². The molecule has 0 atom stereocenters. The lowest BCUT2D eigenvalue weighted by molar-refractivity contribution is -0.384. The summed E-state index contributed by atoms with van der Waals surface area (Å²) in [7, 11) is 0. The lowest BCUT2D eigenvalue weighted by Gasteiger charge is -1.97. The number of hydrogen-bond donors (Lipinski definition) is 1. The Balaban J connectivity index is 3.16. The van der Waals surface area contributed by atoms with Crippen LogP contribution in [0.4, 0.5) is 5.69 Å². The topological polar surface area (TPSA) is 92.9 Å². The Kier molecular flexibility index (Phi) is 3.55. The Morgan fingerprint density at radius 2 is 2.33 bits per heavy atom. The van der Waals surface area contributed by atoms with Crippen LogP contribution in [0.5, 0.6) is 0 Å². The fourth-order valence-corrected chi connectivity index (χ4v) is 1.09. The van der Waals surface area contributed by atoms with Crippen LogP contribution in [0, 0.1) is 21.4 Å². The molecule has 0 saturated carbocycles. The molecule has 2 N–H and O–H groups in total. The third kappa shape index (κ3) is 2.62. The van der Waals surface area contributed by atoms with Crippen molar-refractivity contribution in [3.63, 3.8) is 0 Å². The highest BCUT2D eigenvalue weighted by atomic mass is 16.6. The van der Waals surface area contributed by atoms with Crippen LogP contribution in [-0.4, -0.2) is 11.5 Å². The number of nitriles is 1. The maximum atomic E-state index is 10.5. The number of nitrogens with two attached hydrogens (primary N) is 1. The lowest BCUT2D eigenvalue weighted by Crippen LogP contribution is -1.93. The van der Waals surface area contributed by atoms with E-state index in [0.717, 1.165) is 0 Å². The molecule has 0 aromatic heterocycles. The highest BCUT2D eigenvalue weighted by Gasteiger charge is 2.08. The average Bonchev–Trinajstić information content (AvgIpc) is 2.25. The molecule has 5 nitrogen and oxygen atoms in total. The zero-order valence-electron chi connectivity index (χ0n) is 7.88. The molecule has 0 spiro atoms. The first kappa shape index (κ1) is 10.9. The Bertz CT molecular complexity index is 446. The first-order valence-electron chi connectivity index (χ1n) is 4.24. The van der Waals surface area contributed by atoms with Crippen molar-refractivity contribution in [1.82, 2.24) is 0 Å².